The normalized spacial score (nSPS) is 10.8. The number of hydrogen-bond donors (Lipinski definition) is 1. The summed E-state index contributed by atoms with van der Waals surface area (Å²) >= 11 is 11.7. The largest absolute Gasteiger partial charge is 0.339 e. The Bertz CT molecular complexity index is 712. The predicted octanol–water partition coefficient (Wildman–Crippen LogP) is 3.35. The van der Waals surface area contributed by atoms with Crippen LogP contribution in [0.3, 0.4) is 0 Å². The van der Waals surface area contributed by atoms with Crippen molar-refractivity contribution >= 4 is 35.2 Å². The lowest BCUT2D eigenvalue weighted by molar-refractivity contribution is 0.865. The van der Waals surface area contributed by atoms with Gasteiger partial charge in [-0.2, -0.15) is 10.4 Å². The van der Waals surface area contributed by atoms with Gasteiger partial charge < -0.3 is 4.57 Å². The Morgan fingerprint density at radius 2 is 2.20 bits per heavy atom. The molecule has 2 aromatic rings. The van der Waals surface area contributed by atoms with Gasteiger partial charge in [0.2, 0.25) is 0 Å². The van der Waals surface area contributed by atoms with E-state index in [-0.39, 0.29) is 0 Å². The Kier molecular flexibility index (Phi) is 4.28. The Balaban J connectivity index is 2.17. The molecule has 5 nitrogen and oxygen atoms in total. The lowest BCUT2D eigenvalue weighted by atomic mass is 10.3. The minimum Gasteiger partial charge on any atom is -0.339 e. The molecule has 0 radical (unpaired) electrons. The first-order valence-electron chi connectivity index (χ1n) is 5.69. The summed E-state index contributed by atoms with van der Waals surface area (Å²) in [5.74, 6) is 0.418. The number of rotatable bonds is 3. The van der Waals surface area contributed by atoms with E-state index in [1.807, 2.05) is 14.0 Å². The molecule has 0 amide bonds. The molecule has 20 heavy (non-hydrogen) atoms. The van der Waals surface area contributed by atoms with Gasteiger partial charge in [-0.3, -0.25) is 5.43 Å². The molecule has 0 saturated heterocycles. The van der Waals surface area contributed by atoms with E-state index >= 15 is 0 Å². The number of nitrogens with one attached hydrogen (secondary N) is 1. The molecule has 0 spiro atoms. The fraction of sp³-hybridized carbons (Fsp3) is 0.154. The summed E-state index contributed by atoms with van der Waals surface area (Å²) in [6.45, 7) is 1.91. The van der Waals surface area contributed by atoms with Crippen LogP contribution in [0.25, 0.3) is 0 Å². The first-order chi connectivity index (χ1) is 9.52. The van der Waals surface area contributed by atoms with Crippen molar-refractivity contribution in [3.8, 4) is 6.07 Å². The third-order valence-corrected chi connectivity index (χ3v) is 3.37. The summed E-state index contributed by atoms with van der Waals surface area (Å²) in [6.07, 6.45) is 3.09. The van der Waals surface area contributed by atoms with Gasteiger partial charge in [0.15, 0.2) is 5.82 Å². The smallest absolute Gasteiger partial charge is 0.165 e. The van der Waals surface area contributed by atoms with Gasteiger partial charge in [-0.05, 0) is 19.1 Å². The van der Waals surface area contributed by atoms with Gasteiger partial charge in [-0.15, -0.1) is 0 Å². The van der Waals surface area contributed by atoms with Crippen LogP contribution in [0.2, 0.25) is 10.0 Å². The van der Waals surface area contributed by atoms with E-state index in [2.05, 4.69) is 21.6 Å². The monoisotopic (exact) mass is 307 g/mol. The zero-order valence-corrected chi connectivity index (χ0v) is 12.4. The van der Waals surface area contributed by atoms with Crippen LogP contribution in [0.4, 0.5) is 5.82 Å². The highest BCUT2D eigenvalue weighted by atomic mass is 35.5. The van der Waals surface area contributed by atoms with E-state index in [0.29, 0.717) is 21.6 Å². The van der Waals surface area contributed by atoms with Crippen molar-refractivity contribution in [2.75, 3.05) is 5.43 Å². The SMILES string of the molecule is Cc1c(/C=N\Nc2ncc(Cl)cc2Cl)cc(C#N)n1C. The van der Waals surface area contributed by atoms with Gasteiger partial charge in [0.05, 0.1) is 16.3 Å². The fourth-order valence-electron chi connectivity index (χ4n) is 1.62. The number of halogens is 2. The highest BCUT2D eigenvalue weighted by Gasteiger charge is 2.06. The van der Waals surface area contributed by atoms with E-state index in [0.717, 1.165) is 11.3 Å². The number of nitriles is 1. The van der Waals surface area contributed by atoms with Crippen molar-refractivity contribution in [1.29, 1.82) is 5.26 Å². The second-order valence-electron chi connectivity index (χ2n) is 4.10. The molecule has 0 saturated carbocycles. The summed E-state index contributed by atoms with van der Waals surface area (Å²) in [7, 11) is 1.83. The second-order valence-corrected chi connectivity index (χ2v) is 4.94. The molecule has 7 heteroatoms. The molecule has 0 aliphatic rings. The molecule has 0 aromatic carbocycles. The van der Waals surface area contributed by atoms with Gasteiger partial charge >= 0.3 is 0 Å². The van der Waals surface area contributed by atoms with Crippen molar-refractivity contribution in [2.45, 2.75) is 6.92 Å². The van der Waals surface area contributed by atoms with Crippen LogP contribution in [-0.2, 0) is 7.05 Å². The predicted molar refractivity (Wildman–Crippen MR) is 80.3 cm³/mol. The number of aromatic nitrogens is 2. The van der Waals surface area contributed by atoms with Crippen LogP contribution >= 0.6 is 23.2 Å². The fourth-order valence-corrected chi connectivity index (χ4v) is 2.04. The first kappa shape index (κ1) is 14.4. The second kappa shape index (κ2) is 5.95. The van der Waals surface area contributed by atoms with Gasteiger partial charge in [-0.1, -0.05) is 23.2 Å². The maximum absolute atomic E-state index is 8.95. The molecule has 0 aliphatic carbocycles. The van der Waals surface area contributed by atoms with Crippen molar-refractivity contribution in [3.05, 3.63) is 45.3 Å². The van der Waals surface area contributed by atoms with Gasteiger partial charge in [0.25, 0.3) is 0 Å². The summed E-state index contributed by atoms with van der Waals surface area (Å²) in [6, 6.07) is 5.45. The molecule has 0 unspecified atom stereocenters. The van der Waals surface area contributed by atoms with Crippen LogP contribution < -0.4 is 5.43 Å². The van der Waals surface area contributed by atoms with E-state index in [9.17, 15) is 0 Å². The molecule has 2 aromatic heterocycles. The Hall–Kier alpha value is -2.03. The van der Waals surface area contributed by atoms with Crippen molar-refractivity contribution in [1.82, 2.24) is 9.55 Å². The summed E-state index contributed by atoms with van der Waals surface area (Å²) < 4.78 is 1.80. The lowest BCUT2D eigenvalue weighted by Crippen LogP contribution is -1.96. The van der Waals surface area contributed by atoms with E-state index in [1.165, 1.54) is 6.20 Å². The highest BCUT2D eigenvalue weighted by Crippen LogP contribution is 2.22. The molecule has 0 aliphatic heterocycles. The topological polar surface area (TPSA) is 66.0 Å². The number of hydrogen-bond acceptors (Lipinski definition) is 4. The van der Waals surface area contributed by atoms with E-state index < -0.39 is 0 Å². The lowest BCUT2D eigenvalue weighted by Gasteiger charge is -2.02. The number of nitrogens with zero attached hydrogens (tertiary/aromatic N) is 4. The van der Waals surface area contributed by atoms with E-state index in [4.69, 9.17) is 28.5 Å². The zero-order valence-electron chi connectivity index (χ0n) is 10.9. The first-order valence-corrected chi connectivity index (χ1v) is 6.45. The molecule has 2 rings (SSSR count). The molecular weight excluding hydrogens is 297 g/mol. The number of pyridine rings is 1. The van der Waals surface area contributed by atoms with Crippen LogP contribution in [0.15, 0.2) is 23.4 Å². The number of hydrazone groups is 1. The third-order valence-electron chi connectivity index (χ3n) is 2.87. The van der Waals surface area contributed by atoms with Crippen LogP contribution in [0.5, 0.6) is 0 Å². The number of anilines is 1. The van der Waals surface area contributed by atoms with Crippen molar-refractivity contribution in [2.24, 2.45) is 12.1 Å². The van der Waals surface area contributed by atoms with Gasteiger partial charge in [-0.25, -0.2) is 4.98 Å². The van der Waals surface area contributed by atoms with E-state index in [1.54, 1.807) is 22.9 Å². The summed E-state index contributed by atoms with van der Waals surface area (Å²) in [5, 5.41) is 13.9. The molecule has 102 valence electrons. The van der Waals surface area contributed by atoms with Crippen LogP contribution in [-0.4, -0.2) is 15.8 Å². The molecule has 0 fully saturated rings. The molecule has 0 atom stereocenters. The Morgan fingerprint density at radius 3 is 2.80 bits per heavy atom. The third kappa shape index (κ3) is 2.93. The van der Waals surface area contributed by atoms with Crippen LogP contribution in [0, 0.1) is 18.3 Å². The van der Waals surface area contributed by atoms with Crippen molar-refractivity contribution in [3.63, 3.8) is 0 Å². The molecule has 2 heterocycles. The van der Waals surface area contributed by atoms with Crippen molar-refractivity contribution < 1.29 is 0 Å². The van der Waals surface area contributed by atoms with Crippen LogP contribution in [0.1, 0.15) is 17.0 Å². The molecule has 1 N–H and O–H groups in total. The standard InChI is InChI=1S/C13H11Cl2N5/c1-8-9(3-11(5-16)20(8)2)6-18-19-13-12(15)4-10(14)7-17-13/h3-4,6-7H,1-2H3,(H,17,19)/b18-6-. The Morgan fingerprint density at radius 1 is 1.45 bits per heavy atom. The Labute approximate surface area is 126 Å². The zero-order chi connectivity index (χ0) is 14.7. The average molecular weight is 308 g/mol. The minimum absolute atomic E-state index is 0.386. The molecular formula is C13H11Cl2N5. The quantitative estimate of drug-likeness (QED) is 0.698. The highest BCUT2D eigenvalue weighted by molar-refractivity contribution is 6.35. The minimum atomic E-state index is 0.386. The summed E-state index contributed by atoms with van der Waals surface area (Å²) in [4.78, 5) is 4.02. The summed E-state index contributed by atoms with van der Waals surface area (Å²) in [5.41, 5.74) is 5.11. The van der Waals surface area contributed by atoms with Gasteiger partial charge in [0.1, 0.15) is 11.8 Å². The van der Waals surface area contributed by atoms with Gasteiger partial charge in [0, 0.05) is 24.5 Å². The average Bonchev–Trinajstić information content (AvgIpc) is 2.69. The maximum Gasteiger partial charge on any atom is 0.165 e. The maximum atomic E-state index is 8.95. The molecule has 0 bridgehead atoms.